The zero-order chi connectivity index (χ0) is 31.1. The van der Waals surface area contributed by atoms with E-state index in [1.54, 1.807) is 31.2 Å². The molecule has 2 aliphatic rings. The Morgan fingerprint density at radius 3 is 2.39 bits per heavy atom. The summed E-state index contributed by atoms with van der Waals surface area (Å²) in [6.07, 6.45) is 0. The van der Waals surface area contributed by atoms with E-state index in [4.69, 9.17) is 4.74 Å². The molecule has 224 valence electrons. The molecule has 1 saturated heterocycles. The van der Waals surface area contributed by atoms with E-state index in [0.717, 1.165) is 43.6 Å². The molecule has 4 aromatic rings. The van der Waals surface area contributed by atoms with Crippen molar-refractivity contribution in [3.8, 4) is 0 Å². The molecule has 3 aromatic carbocycles. The maximum Gasteiger partial charge on any atom is 0.338 e. The number of carbonyl (C=O) groups is 4. The number of nitrogens with zero attached hydrogens (tertiary/aromatic N) is 2. The van der Waals surface area contributed by atoms with Crippen LogP contribution >= 0.6 is 39.0 Å². The zero-order valence-electron chi connectivity index (χ0n) is 23.6. The van der Waals surface area contributed by atoms with Gasteiger partial charge in [0.25, 0.3) is 0 Å². The number of esters is 1. The van der Waals surface area contributed by atoms with E-state index in [0.29, 0.717) is 26.8 Å². The van der Waals surface area contributed by atoms with Gasteiger partial charge in [-0.2, -0.15) is 0 Å². The number of thioether (sulfide) groups is 1. The summed E-state index contributed by atoms with van der Waals surface area (Å²) in [7, 11) is 0. The molecule has 9 nitrogen and oxygen atoms in total. The minimum atomic E-state index is -0.830. The summed E-state index contributed by atoms with van der Waals surface area (Å²) >= 11 is 5.65. The van der Waals surface area contributed by atoms with Gasteiger partial charge in [0.15, 0.2) is 0 Å². The number of ether oxygens (including phenoxy) is 1. The molecule has 0 aliphatic carbocycles. The number of nitrogens with one attached hydrogen (secondary N) is 1. The number of thiazole rings is 1. The number of carbonyl (C=O) groups excluding carboxylic acids is 4. The Hall–Kier alpha value is -4.00. The third-order valence-corrected chi connectivity index (χ3v) is 10.6. The number of aryl methyl sites for hydroxylation is 1. The first-order valence-electron chi connectivity index (χ1n) is 13.8. The van der Waals surface area contributed by atoms with Crippen molar-refractivity contribution in [3.63, 3.8) is 0 Å². The van der Waals surface area contributed by atoms with Crippen molar-refractivity contribution in [2.24, 2.45) is 5.92 Å². The number of benzene rings is 3. The molecular formula is C32H26BrN3O6S2. The molecule has 1 N–H and O–H groups in total. The van der Waals surface area contributed by atoms with Gasteiger partial charge in [-0.1, -0.05) is 68.9 Å². The molecular weight excluding hydrogens is 666 g/mol. The molecule has 0 spiro atoms. The van der Waals surface area contributed by atoms with Gasteiger partial charge in [-0.15, -0.1) is 0 Å². The summed E-state index contributed by atoms with van der Waals surface area (Å²) in [5, 5.41) is 2.51. The van der Waals surface area contributed by atoms with Crippen LogP contribution in [0.1, 0.15) is 39.2 Å². The number of anilines is 2. The van der Waals surface area contributed by atoms with Crippen molar-refractivity contribution in [2.45, 2.75) is 36.6 Å². The number of amides is 3. The van der Waals surface area contributed by atoms with E-state index in [1.807, 2.05) is 43.3 Å². The van der Waals surface area contributed by atoms with Crippen LogP contribution in [0.2, 0.25) is 0 Å². The Bertz CT molecular complexity index is 1850. The highest BCUT2D eigenvalue weighted by molar-refractivity contribution is 9.10. The molecule has 1 aromatic heterocycles. The van der Waals surface area contributed by atoms with E-state index >= 15 is 0 Å². The summed E-state index contributed by atoms with van der Waals surface area (Å²) in [5.74, 6) is -3.06. The van der Waals surface area contributed by atoms with E-state index in [-0.39, 0.29) is 23.9 Å². The van der Waals surface area contributed by atoms with Crippen LogP contribution in [0, 0.1) is 12.8 Å². The second-order valence-electron chi connectivity index (χ2n) is 10.4. The van der Waals surface area contributed by atoms with Gasteiger partial charge < -0.3 is 10.1 Å². The monoisotopic (exact) mass is 691 g/mol. The quantitative estimate of drug-likeness (QED) is 0.198. The van der Waals surface area contributed by atoms with Gasteiger partial charge in [-0.3, -0.25) is 23.7 Å². The fourth-order valence-corrected chi connectivity index (χ4v) is 8.70. The standard InChI is InChI=1S/C32H26BrN3O6S2/c1-3-42-31(40)18-9-13-22(14-10-18)36-28(38)25-24(19-5-4-6-20(33)15-19)27-30(43-26(25)29(36)39)35(32(41)44-27)16-23(37)34-21-11-7-17(2)8-12-21/h4-15,24-26H,3,16H2,1-2H3,(H,34,37)/t24-,25-,26+/m0/s1. The third kappa shape index (κ3) is 5.53. The van der Waals surface area contributed by atoms with Gasteiger partial charge in [-0.05, 0) is 67.9 Å². The van der Waals surface area contributed by atoms with Crippen molar-refractivity contribution in [1.29, 1.82) is 0 Å². The minimum absolute atomic E-state index is 0.226. The summed E-state index contributed by atoms with van der Waals surface area (Å²) in [6, 6.07) is 21.0. The Balaban J connectivity index is 1.37. The summed E-state index contributed by atoms with van der Waals surface area (Å²) in [5.41, 5.74) is 3.08. The molecule has 0 saturated carbocycles. The number of hydrogen-bond donors (Lipinski definition) is 1. The smallest absolute Gasteiger partial charge is 0.338 e. The number of hydrogen-bond acceptors (Lipinski definition) is 8. The second kappa shape index (κ2) is 12.2. The van der Waals surface area contributed by atoms with Crippen molar-refractivity contribution in [3.05, 3.63) is 109 Å². The Morgan fingerprint density at radius 1 is 0.977 bits per heavy atom. The van der Waals surface area contributed by atoms with Crippen molar-refractivity contribution in [1.82, 2.24) is 4.57 Å². The first-order valence-corrected chi connectivity index (χ1v) is 16.3. The molecule has 3 atom stereocenters. The maximum absolute atomic E-state index is 14.1. The van der Waals surface area contributed by atoms with Crippen LogP contribution < -0.4 is 15.1 Å². The molecule has 1 fully saturated rings. The molecule has 44 heavy (non-hydrogen) atoms. The highest BCUT2D eigenvalue weighted by Gasteiger charge is 2.56. The summed E-state index contributed by atoms with van der Waals surface area (Å²) < 4.78 is 7.23. The predicted octanol–water partition coefficient (Wildman–Crippen LogP) is 5.59. The van der Waals surface area contributed by atoms with Gasteiger partial charge >= 0.3 is 10.8 Å². The van der Waals surface area contributed by atoms with Gasteiger partial charge in [0.2, 0.25) is 17.7 Å². The Morgan fingerprint density at radius 2 is 1.70 bits per heavy atom. The van der Waals surface area contributed by atoms with Crippen molar-refractivity contribution >= 4 is 74.1 Å². The highest BCUT2D eigenvalue weighted by atomic mass is 79.9. The number of fused-ring (bicyclic) bond motifs is 2. The second-order valence-corrected chi connectivity index (χ2v) is 13.5. The van der Waals surface area contributed by atoms with Crippen LogP contribution in [-0.2, 0) is 25.7 Å². The van der Waals surface area contributed by atoms with Gasteiger partial charge in [0.05, 0.1) is 28.8 Å². The molecule has 3 amide bonds. The summed E-state index contributed by atoms with van der Waals surface area (Å²) in [6.45, 7) is 3.65. The van der Waals surface area contributed by atoms with Crippen LogP contribution in [0.4, 0.5) is 11.4 Å². The topological polar surface area (TPSA) is 115 Å². The largest absolute Gasteiger partial charge is 0.462 e. The van der Waals surface area contributed by atoms with Crippen LogP contribution in [0.15, 0.2) is 87.1 Å². The Kier molecular flexibility index (Phi) is 8.32. The molecule has 3 heterocycles. The number of imide groups is 1. The van der Waals surface area contributed by atoms with Crippen LogP contribution in [-0.4, -0.2) is 40.1 Å². The molecule has 0 bridgehead atoms. The first-order chi connectivity index (χ1) is 21.2. The molecule has 0 unspecified atom stereocenters. The molecule has 2 aliphatic heterocycles. The first kappa shape index (κ1) is 30.0. The van der Waals surface area contributed by atoms with Crippen LogP contribution in [0.3, 0.4) is 0 Å². The van der Waals surface area contributed by atoms with E-state index in [1.165, 1.54) is 16.7 Å². The fraction of sp³-hybridized carbons (Fsp3) is 0.219. The van der Waals surface area contributed by atoms with Gasteiger partial charge in [-0.25, -0.2) is 9.69 Å². The normalized spacial score (nSPS) is 19.0. The lowest BCUT2D eigenvalue weighted by Gasteiger charge is -2.30. The van der Waals surface area contributed by atoms with E-state index in [2.05, 4.69) is 21.2 Å². The average Bonchev–Trinajstić information content (AvgIpc) is 3.44. The van der Waals surface area contributed by atoms with Crippen LogP contribution in [0.5, 0.6) is 0 Å². The maximum atomic E-state index is 14.1. The lowest BCUT2D eigenvalue weighted by atomic mass is 9.83. The molecule has 0 radical (unpaired) electrons. The molecule has 6 rings (SSSR count). The predicted molar refractivity (Wildman–Crippen MR) is 172 cm³/mol. The van der Waals surface area contributed by atoms with E-state index in [9.17, 15) is 24.0 Å². The zero-order valence-corrected chi connectivity index (χ0v) is 26.8. The average molecular weight is 693 g/mol. The van der Waals surface area contributed by atoms with Crippen molar-refractivity contribution in [2.75, 3.05) is 16.8 Å². The van der Waals surface area contributed by atoms with Gasteiger partial charge in [0.1, 0.15) is 11.8 Å². The number of halogens is 1. The lowest BCUT2D eigenvalue weighted by Crippen LogP contribution is -2.33. The lowest BCUT2D eigenvalue weighted by molar-refractivity contribution is -0.122. The van der Waals surface area contributed by atoms with Gasteiger partial charge in [0, 0.05) is 21.0 Å². The third-order valence-electron chi connectivity index (χ3n) is 7.53. The summed E-state index contributed by atoms with van der Waals surface area (Å²) in [4.78, 5) is 68.1. The number of rotatable bonds is 7. The molecule has 12 heteroatoms. The van der Waals surface area contributed by atoms with Crippen LogP contribution in [0.25, 0.3) is 0 Å². The van der Waals surface area contributed by atoms with E-state index < -0.39 is 34.9 Å². The van der Waals surface area contributed by atoms with Crippen molar-refractivity contribution < 1.29 is 23.9 Å². The SMILES string of the molecule is CCOC(=O)c1ccc(N2C(=O)[C@H]3[C@H](c4cccc(Br)c4)c4sc(=O)n(CC(=O)Nc5ccc(C)cc5)c4S[C@H]3C2=O)cc1. The fourth-order valence-electron chi connectivity index (χ4n) is 5.51. The Labute approximate surface area is 269 Å². The number of aromatic nitrogens is 1. The minimum Gasteiger partial charge on any atom is -0.462 e. The highest BCUT2D eigenvalue weighted by Crippen LogP contribution is 2.54.